The molecule has 0 radical (unpaired) electrons. The Kier molecular flexibility index (Phi) is 3.27. The summed E-state index contributed by atoms with van der Waals surface area (Å²) in [6.07, 6.45) is 1.78. The third kappa shape index (κ3) is 2.07. The Bertz CT molecular complexity index is 804. The fourth-order valence-corrected chi connectivity index (χ4v) is 3.32. The Hall–Kier alpha value is -2.87. The number of nitrogens with zero attached hydrogens (tertiary/aromatic N) is 4. The van der Waals surface area contributed by atoms with Gasteiger partial charge in [0.2, 0.25) is 0 Å². The number of amides is 2. The summed E-state index contributed by atoms with van der Waals surface area (Å²) in [4.78, 5) is 25.6. The number of aromatic nitrogens is 2. The van der Waals surface area contributed by atoms with Crippen LogP contribution in [0.5, 0.6) is 0 Å². The maximum atomic E-state index is 12.2. The molecule has 8 heteroatoms. The summed E-state index contributed by atoms with van der Waals surface area (Å²) in [5.41, 5.74) is 2.19. The Morgan fingerprint density at radius 1 is 1.38 bits per heavy atom. The minimum atomic E-state index is -0.928. The van der Waals surface area contributed by atoms with Crippen molar-refractivity contribution in [3.63, 3.8) is 0 Å². The third-order valence-electron chi connectivity index (χ3n) is 4.47. The van der Waals surface area contributed by atoms with Gasteiger partial charge in [0.15, 0.2) is 6.04 Å². The molecule has 2 aromatic rings. The van der Waals surface area contributed by atoms with Gasteiger partial charge in [-0.3, -0.25) is 9.89 Å². The molecule has 4 rings (SSSR count). The lowest BCUT2D eigenvalue weighted by atomic mass is 9.98. The summed E-state index contributed by atoms with van der Waals surface area (Å²) in [5, 5.41) is 15.2. The number of esters is 1. The largest absolute Gasteiger partial charge is 0.467 e. The van der Waals surface area contributed by atoms with Crippen molar-refractivity contribution >= 4 is 12.0 Å². The molecular formula is C16H16N4O4. The van der Waals surface area contributed by atoms with E-state index >= 15 is 0 Å². The number of fused-ring (bicyclic) bond motifs is 4. The van der Waals surface area contributed by atoms with Gasteiger partial charge in [0.1, 0.15) is 11.7 Å². The summed E-state index contributed by atoms with van der Waals surface area (Å²) >= 11 is 0. The van der Waals surface area contributed by atoms with Crippen molar-refractivity contribution in [2.75, 3.05) is 13.7 Å². The minimum Gasteiger partial charge on any atom is -0.467 e. The van der Waals surface area contributed by atoms with Crippen LogP contribution in [-0.4, -0.2) is 50.6 Å². The third-order valence-corrected chi connectivity index (χ3v) is 4.47. The highest BCUT2D eigenvalue weighted by molar-refractivity contribution is 5.87. The van der Waals surface area contributed by atoms with Gasteiger partial charge in [-0.05, 0) is 5.56 Å². The van der Waals surface area contributed by atoms with Gasteiger partial charge in [-0.15, -0.1) is 0 Å². The van der Waals surface area contributed by atoms with E-state index in [0.29, 0.717) is 22.9 Å². The molecule has 1 aromatic heterocycles. The Balaban J connectivity index is 1.74. The van der Waals surface area contributed by atoms with E-state index in [-0.39, 0.29) is 6.54 Å². The van der Waals surface area contributed by atoms with Crippen molar-refractivity contribution in [2.24, 2.45) is 0 Å². The molecule has 124 valence electrons. The van der Waals surface area contributed by atoms with Crippen molar-refractivity contribution in [2.45, 2.75) is 18.6 Å². The average molecular weight is 328 g/mol. The zero-order valence-electron chi connectivity index (χ0n) is 13.0. The summed E-state index contributed by atoms with van der Waals surface area (Å²) in [7, 11) is 1.27. The SMILES string of the molecule is COC(=O)[C@@H]1c2nn(Cc3ccccc3)cc2[C@@H]2CN1C(=O)N2O. The number of carbonyl (C=O) groups is 2. The molecule has 24 heavy (non-hydrogen) atoms. The molecule has 0 unspecified atom stereocenters. The van der Waals surface area contributed by atoms with E-state index in [1.165, 1.54) is 12.0 Å². The van der Waals surface area contributed by atoms with Crippen LogP contribution in [0, 0.1) is 0 Å². The van der Waals surface area contributed by atoms with Crippen LogP contribution >= 0.6 is 0 Å². The standard InChI is InChI=1S/C16H16N4O4/c1-24-15(21)14-13-11(12-9-19(14)16(22)20(12)23)8-18(17-13)7-10-5-3-2-4-6-10/h2-6,8,12,14,23H,7,9H2,1H3/t12-,14-/m0/s1. The molecule has 1 fully saturated rings. The number of hydroxylamine groups is 2. The number of benzene rings is 1. The Morgan fingerprint density at radius 3 is 2.83 bits per heavy atom. The molecule has 1 aromatic carbocycles. The van der Waals surface area contributed by atoms with Gasteiger partial charge >= 0.3 is 12.0 Å². The fraction of sp³-hybridized carbons (Fsp3) is 0.312. The smallest absolute Gasteiger partial charge is 0.345 e. The van der Waals surface area contributed by atoms with E-state index in [9.17, 15) is 14.8 Å². The molecule has 2 amide bonds. The predicted octanol–water partition coefficient (Wildman–Crippen LogP) is 1.33. The van der Waals surface area contributed by atoms with E-state index in [4.69, 9.17) is 4.74 Å². The molecule has 1 saturated heterocycles. The number of urea groups is 1. The second-order valence-electron chi connectivity index (χ2n) is 5.87. The average Bonchev–Trinajstić information content (AvgIpc) is 3.12. The number of methoxy groups -OCH3 is 1. The van der Waals surface area contributed by atoms with E-state index in [2.05, 4.69) is 5.10 Å². The minimum absolute atomic E-state index is 0.235. The lowest BCUT2D eigenvalue weighted by molar-refractivity contribution is -0.146. The van der Waals surface area contributed by atoms with Gasteiger partial charge in [-0.2, -0.15) is 10.2 Å². The molecular weight excluding hydrogens is 312 g/mol. The van der Waals surface area contributed by atoms with Crippen LogP contribution in [0.15, 0.2) is 36.5 Å². The second-order valence-corrected chi connectivity index (χ2v) is 5.87. The van der Waals surface area contributed by atoms with E-state index in [1.807, 2.05) is 30.3 Å². The predicted molar refractivity (Wildman–Crippen MR) is 81.0 cm³/mol. The highest BCUT2D eigenvalue weighted by Gasteiger charge is 2.52. The number of hydrogen-bond donors (Lipinski definition) is 1. The van der Waals surface area contributed by atoms with Gasteiger partial charge in [0.05, 0.1) is 20.2 Å². The van der Waals surface area contributed by atoms with Crippen LogP contribution in [0.3, 0.4) is 0 Å². The van der Waals surface area contributed by atoms with Crippen LogP contribution in [0.4, 0.5) is 4.79 Å². The molecule has 2 aliphatic rings. The number of hydrogen-bond acceptors (Lipinski definition) is 5. The van der Waals surface area contributed by atoms with Crippen molar-refractivity contribution in [1.82, 2.24) is 19.7 Å². The molecule has 8 nitrogen and oxygen atoms in total. The first-order valence-corrected chi connectivity index (χ1v) is 7.58. The molecule has 1 N–H and O–H groups in total. The van der Waals surface area contributed by atoms with Crippen LogP contribution in [0.2, 0.25) is 0 Å². The van der Waals surface area contributed by atoms with E-state index in [1.54, 1.807) is 10.9 Å². The second kappa shape index (κ2) is 5.34. The number of ether oxygens (including phenoxy) is 1. The van der Waals surface area contributed by atoms with Crippen LogP contribution < -0.4 is 0 Å². The first-order chi connectivity index (χ1) is 11.6. The number of carbonyl (C=O) groups excluding carboxylic acids is 2. The summed E-state index contributed by atoms with van der Waals surface area (Å²) < 4.78 is 6.54. The Labute approximate surface area is 137 Å². The molecule has 2 bridgehead atoms. The molecule has 0 saturated carbocycles. The molecule has 2 atom stereocenters. The van der Waals surface area contributed by atoms with Gasteiger partial charge in [-0.25, -0.2) is 9.59 Å². The lowest BCUT2D eigenvalue weighted by Crippen LogP contribution is -2.39. The molecule has 0 spiro atoms. The van der Waals surface area contributed by atoms with Crippen molar-refractivity contribution < 1.29 is 19.5 Å². The van der Waals surface area contributed by atoms with E-state index in [0.717, 1.165) is 5.56 Å². The van der Waals surface area contributed by atoms with Gasteiger partial charge in [0, 0.05) is 11.8 Å². The monoisotopic (exact) mass is 328 g/mol. The summed E-state index contributed by atoms with van der Waals surface area (Å²) in [5.74, 6) is -0.566. The Morgan fingerprint density at radius 2 is 2.12 bits per heavy atom. The maximum absolute atomic E-state index is 12.2. The molecule has 2 aliphatic heterocycles. The number of rotatable bonds is 3. The fourth-order valence-electron chi connectivity index (χ4n) is 3.32. The van der Waals surface area contributed by atoms with Crippen molar-refractivity contribution in [3.05, 3.63) is 53.3 Å². The lowest BCUT2D eigenvalue weighted by Gasteiger charge is -2.27. The molecule has 0 aliphatic carbocycles. The zero-order valence-corrected chi connectivity index (χ0v) is 13.0. The first-order valence-electron chi connectivity index (χ1n) is 7.58. The molecule has 3 heterocycles. The zero-order chi connectivity index (χ0) is 16.8. The van der Waals surface area contributed by atoms with Crippen molar-refractivity contribution in [1.29, 1.82) is 0 Å². The highest BCUT2D eigenvalue weighted by atomic mass is 16.5. The van der Waals surface area contributed by atoms with Crippen LogP contribution in [0.1, 0.15) is 28.9 Å². The van der Waals surface area contributed by atoms with E-state index < -0.39 is 24.1 Å². The normalized spacial score (nSPS) is 21.8. The van der Waals surface area contributed by atoms with Gasteiger partial charge in [-0.1, -0.05) is 30.3 Å². The topological polar surface area (TPSA) is 87.9 Å². The van der Waals surface area contributed by atoms with Gasteiger partial charge < -0.3 is 9.64 Å². The summed E-state index contributed by atoms with van der Waals surface area (Å²) in [6.45, 7) is 0.771. The van der Waals surface area contributed by atoms with Crippen LogP contribution in [-0.2, 0) is 16.1 Å². The quantitative estimate of drug-likeness (QED) is 0.678. The van der Waals surface area contributed by atoms with Crippen LogP contribution in [0.25, 0.3) is 0 Å². The van der Waals surface area contributed by atoms with Gasteiger partial charge in [0.25, 0.3) is 0 Å². The highest BCUT2D eigenvalue weighted by Crippen LogP contribution is 2.42. The first kappa shape index (κ1) is 14.7. The van der Waals surface area contributed by atoms with Crippen molar-refractivity contribution in [3.8, 4) is 0 Å². The summed E-state index contributed by atoms with van der Waals surface area (Å²) in [6, 6.07) is 7.73. The maximum Gasteiger partial charge on any atom is 0.345 e.